The van der Waals surface area contributed by atoms with E-state index in [0.29, 0.717) is 26.9 Å². The molecule has 5 heteroatoms. The number of nitriles is 1. The van der Waals surface area contributed by atoms with Crippen LogP contribution in [-0.2, 0) is 0 Å². The van der Waals surface area contributed by atoms with Crippen molar-refractivity contribution in [3.8, 4) is 6.07 Å². The molecule has 2 aromatic carbocycles. The van der Waals surface area contributed by atoms with Gasteiger partial charge in [-0.25, -0.2) is 0 Å². The Morgan fingerprint density at radius 2 is 1.80 bits per heavy atom. The molecule has 100 valence electrons. The van der Waals surface area contributed by atoms with Crippen molar-refractivity contribution >= 4 is 34.8 Å². The van der Waals surface area contributed by atoms with E-state index in [1.54, 1.807) is 43.4 Å². The first kappa shape index (κ1) is 14.4. The van der Waals surface area contributed by atoms with Gasteiger partial charge >= 0.3 is 0 Å². The third-order valence-electron chi connectivity index (χ3n) is 2.85. The molecule has 0 aliphatic carbocycles. The topological polar surface area (TPSA) is 44.1 Å². The van der Waals surface area contributed by atoms with Crippen molar-refractivity contribution < 1.29 is 4.79 Å². The molecule has 0 bridgehead atoms. The molecule has 0 heterocycles. The fraction of sp³-hybridized carbons (Fsp3) is 0.0667. The molecule has 0 aliphatic heterocycles. The lowest BCUT2D eigenvalue weighted by Gasteiger charge is -2.18. The van der Waals surface area contributed by atoms with E-state index < -0.39 is 0 Å². The Morgan fingerprint density at radius 1 is 1.15 bits per heavy atom. The fourth-order valence-electron chi connectivity index (χ4n) is 1.72. The Kier molecular flexibility index (Phi) is 4.29. The summed E-state index contributed by atoms with van der Waals surface area (Å²) >= 11 is 11.9. The van der Waals surface area contributed by atoms with Gasteiger partial charge in [0.1, 0.15) is 0 Å². The van der Waals surface area contributed by atoms with Gasteiger partial charge in [-0.3, -0.25) is 4.79 Å². The molecular weight excluding hydrogens is 295 g/mol. The number of carbonyl (C=O) groups excluding carboxylic acids is 1. The summed E-state index contributed by atoms with van der Waals surface area (Å²) in [6, 6.07) is 13.5. The van der Waals surface area contributed by atoms with Crippen LogP contribution in [0.4, 0.5) is 5.69 Å². The van der Waals surface area contributed by atoms with Gasteiger partial charge in [-0.15, -0.1) is 0 Å². The van der Waals surface area contributed by atoms with E-state index in [0.717, 1.165) is 0 Å². The van der Waals surface area contributed by atoms with E-state index in [1.807, 2.05) is 6.07 Å². The van der Waals surface area contributed by atoms with Crippen LogP contribution in [0.1, 0.15) is 15.9 Å². The number of benzene rings is 2. The van der Waals surface area contributed by atoms with Crippen LogP contribution in [-0.4, -0.2) is 13.0 Å². The van der Waals surface area contributed by atoms with Gasteiger partial charge in [-0.1, -0.05) is 23.2 Å². The molecular formula is C15H10Cl2N2O. The van der Waals surface area contributed by atoms with Crippen LogP contribution in [0.5, 0.6) is 0 Å². The number of hydrogen-bond donors (Lipinski definition) is 0. The fourth-order valence-corrected chi connectivity index (χ4v) is 2.09. The molecule has 0 aliphatic rings. The summed E-state index contributed by atoms with van der Waals surface area (Å²) in [5.74, 6) is -0.262. The van der Waals surface area contributed by atoms with Gasteiger partial charge in [0.05, 0.1) is 22.2 Å². The number of amides is 1. The summed E-state index contributed by atoms with van der Waals surface area (Å²) in [4.78, 5) is 13.8. The average Bonchev–Trinajstić information content (AvgIpc) is 2.48. The van der Waals surface area contributed by atoms with E-state index in [1.165, 1.54) is 11.0 Å². The van der Waals surface area contributed by atoms with Crippen molar-refractivity contribution in [2.45, 2.75) is 0 Å². The molecule has 0 radical (unpaired) electrons. The lowest BCUT2D eigenvalue weighted by atomic mass is 10.1. The summed E-state index contributed by atoms with van der Waals surface area (Å²) in [7, 11) is 1.64. The first-order chi connectivity index (χ1) is 9.52. The van der Waals surface area contributed by atoms with Gasteiger partial charge in [0.25, 0.3) is 5.91 Å². The van der Waals surface area contributed by atoms with E-state index >= 15 is 0 Å². The predicted octanol–water partition coefficient (Wildman–Crippen LogP) is 4.14. The zero-order chi connectivity index (χ0) is 14.7. The van der Waals surface area contributed by atoms with Crippen LogP contribution in [0.3, 0.4) is 0 Å². The Labute approximate surface area is 127 Å². The first-order valence-electron chi connectivity index (χ1n) is 5.76. The van der Waals surface area contributed by atoms with Crippen molar-refractivity contribution in [2.24, 2.45) is 0 Å². The Morgan fingerprint density at radius 3 is 2.40 bits per heavy atom. The molecule has 0 aromatic heterocycles. The molecule has 0 spiro atoms. The number of carbonyl (C=O) groups is 1. The summed E-state index contributed by atoms with van der Waals surface area (Å²) in [6.45, 7) is 0. The summed E-state index contributed by atoms with van der Waals surface area (Å²) in [5.41, 5.74) is 1.55. The number of nitrogens with zero attached hydrogens (tertiary/aromatic N) is 2. The minimum atomic E-state index is -0.262. The van der Waals surface area contributed by atoms with Gasteiger partial charge < -0.3 is 4.90 Å². The standard InChI is InChI=1S/C15H10Cl2N2O/c1-19(12-5-2-10(9-18)3-6-12)15(20)13-8-11(16)4-7-14(13)17/h2-8H,1H3. The van der Waals surface area contributed by atoms with Gasteiger partial charge in [0, 0.05) is 17.8 Å². The van der Waals surface area contributed by atoms with Crippen molar-refractivity contribution in [3.63, 3.8) is 0 Å². The van der Waals surface area contributed by atoms with Crippen LogP contribution in [0.15, 0.2) is 42.5 Å². The Hall–Kier alpha value is -2.02. The predicted molar refractivity (Wildman–Crippen MR) is 80.4 cm³/mol. The normalized spacial score (nSPS) is 9.90. The van der Waals surface area contributed by atoms with Crippen LogP contribution in [0, 0.1) is 11.3 Å². The van der Waals surface area contributed by atoms with Crippen LogP contribution in [0.2, 0.25) is 10.0 Å². The molecule has 2 aromatic rings. The number of hydrogen-bond acceptors (Lipinski definition) is 2. The minimum absolute atomic E-state index is 0.262. The summed E-state index contributed by atoms with van der Waals surface area (Å²) in [5, 5.41) is 9.56. The maximum atomic E-state index is 12.4. The van der Waals surface area contributed by atoms with Gasteiger partial charge in [-0.05, 0) is 42.5 Å². The Balaban J connectivity index is 2.32. The van der Waals surface area contributed by atoms with Gasteiger partial charge in [0.15, 0.2) is 0 Å². The minimum Gasteiger partial charge on any atom is -0.311 e. The quantitative estimate of drug-likeness (QED) is 0.837. The van der Waals surface area contributed by atoms with Crippen molar-refractivity contribution in [2.75, 3.05) is 11.9 Å². The molecule has 3 nitrogen and oxygen atoms in total. The first-order valence-corrected chi connectivity index (χ1v) is 6.52. The van der Waals surface area contributed by atoms with E-state index in [-0.39, 0.29) is 5.91 Å². The summed E-state index contributed by atoms with van der Waals surface area (Å²) < 4.78 is 0. The second kappa shape index (κ2) is 5.96. The number of halogens is 2. The number of anilines is 1. The van der Waals surface area contributed by atoms with E-state index in [4.69, 9.17) is 28.5 Å². The van der Waals surface area contributed by atoms with Crippen LogP contribution >= 0.6 is 23.2 Å². The molecule has 0 unspecified atom stereocenters. The zero-order valence-electron chi connectivity index (χ0n) is 10.6. The lowest BCUT2D eigenvalue weighted by molar-refractivity contribution is 0.0993. The van der Waals surface area contributed by atoms with Crippen molar-refractivity contribution in [1.82, 2.24) is 0 Å². The maximum absolute atomic E-state index is 12.4. The van der Waals surface area contributed by atoms with E-state index in [2.05, 4.69) is 0 Å². The van der Waals surface area contributed by atoms with Gasteiger partial charge in [0.2, 0.25) is 0 Å². The zero-order valence-corrected chi connectivity index (χ0v) is 12.1. The molecule has 0 atom stereocenters. The van der Waals surface area contributed by atoms with Crippen LogP contribution in [0.25, 0.3) is 0 Å². The van der Waals surface area contributed by atoms with Crippen molar-refractivity contribution in [1.29, 1.82) is 5.26 Å². The third kappa shape index (κ3) is 2.93. The molecule has 2 rings (SSSR count). The summed E-state index contributed by atoms with van der Waals surface area (Å²) in [6.07, 6.45) is 0. The third-order valence-corrected chi connectivity index (χ3v) is 3.41. The smallest absolute Gasteiger partial charge is 0.259 e. The largest absolute Gasteiger partial charge is 0.311 e. The van der Waals surface area contributed by atoms with Crippen molar-refractivity contribution in [3.05, 3.63) is 63.6 Å². The molecule has 1 amide bonds. The second-order valence-electron chi connectivity index (χ2n) is 4.15. The highest BCUT2D eigenvalue weighted by Crippen LogP contribution is 2.24. The highest BCUT2D eigenvalue weighted by molar-refractivity contribution is 6.36. The van der Waals surface area contributed by atoms with Gasteiger partial charge in [-0.2, -0.15) is 5.26 Å². The highest BCUT2D eigenvalue weighted by atomic mass is 35.5. The second-order valence-corrected chi connectivity index (χ2v) is 4.99. The van der Waals surface area contributed by atoms with E-state index in [9.17, 15) is 4.79 Å². The SMILES string of the molecule is CN(C(=O)c1cc(Cl)ccc1Cl)c1ccc(C#N)cc1. The monoisotopic (exact) mass is 304 g/mol. The Bertz CT molecular complexity index is 690. The molecule has 20 heavy (non-hydrogen) atoms. The average molecular weight is 305 g/mol. The highest BCUT2D eigenvalue weighted by Gasteiger charge is 2.17. The molecule has 0 fully saturated rings. The molecule has 0 saturated carbocycles. The lowest BCUT2D eigenvalue weighted by Crippen LogP contribution is -2.26. The number of rotatable bonds is 2. The maximum Gasteiger partial charge on any atom is 0.259 e. The molecule has 0 N–H and O–H groups in total. The van der Waals surface area contributed by atoms with Crippen LogP contribution < -0.4 is 4.90 Å². The molecule has 0 saturated heterocycles.